The van der Waals surface area contributed by atoms with Crippen LogP contribution in [0.1, 0.15) is 0 Å². The van der Waals surface area contributed by atoms with Gasteiger partial charge in [0, 0.05) is 6.07 Å². The smallest absolute Gasteiger partial charge is 0.134 e. The van der Waals surface area contributed by atoms with Gasteiger partial charge in [0.15, 0.2) is 0 Å². The molecule has 2 rings (SSSR count). The molecule has 0 bridgehead atoms. The maximum absolute atomic E-state index is 13.3. The summed E-state index contributed by atoms with van der Waals surface area (Å²) in [6.45, 7) is 0. The zero-order valence-electron chi connectivity index (χ0n) is 7.62. The Morgan fingerprint density at radius 3 is 2.79 bits per heavy atom. The van der Waals surface area contributed by atoms with Gasteiger partial charge in [-0.1, -0.05) is 12.1 Å². The molecule has 2 nitrogen and oxygen atoms in total. The molecule has 14 heavy (non-hydrogen) atoms. The van der Waals surface area contributed by atoms with Gasteiger partial charge in [-0.3, -0.25) is 0 Å². The summed E-state index contributed by atoms with van der Waals surface area (Å²) in [5.74, 6) is -0.0132. The Morgan fingerprint density at radius 2 is 2.07 bits per heavy atom. The first-order valence-electron chi connectivity index (χ1n) is 4.17. The second-order valence-corrected chi connectivity index (χ2v) is 2.98. The van der Waals surface area contributed by atoms with Gasteiger partial charge < -0.3 is 9.84 Å². The van der Waals surface area contributed by atoms with Crippen molar-refractivity contribution in [2.75, 3.05) is 7.11 Å². The van der Waals surface area contributed by atoms with Crippen molar-refractivity contribution in [2.45, 2.75) is 0 Å². The van der Waals surface area contributed by atoms with E-state index in [0.717, 1.165) is 0 Å². The average Bonchev–Trinajstić information content (AvgIpc) is 2.17. The lowest BCUT2D eigenvalue weighted by atomic mass is 10.1. The third-order valence-electron chi connectivity index (χ3n) is 2.11. The lowest BCUT2D eigenvalue weighted by Crippen LogP contribution is -1.85. The summed E-state index contributed by atoms with van der Waals surface area (Å²) in [5.41, 5.74) is 0. The Bertz CT molecular complexity index is 480. The van der Waals surface area contributed by atoms with E-state index in [4.69, 9.17) is 4.74 Å². The zero-order valence-corrected chi connectivity index (χ0v) is 7.62. The van der Waals surface area contributed by atoms with Crippen molar-refractivity contribution in [2.24, 2.45) is 0 Å². The summed E-state index contributed by atoms with van der Waals surface area (Å²) in [4.78, 5) is 0. The molecule has 0 aliphatic heterocycles. The Kier molecular flexibility index (Phi) is 2.00. The number of phenolic OH excluding ortho intramolecular Hbond substituents is 1. The summed E-state index contributed by atoms with van der Waals surface area (Å²) in [6, 6.07) is 7.70. The lowest BCUT2D eigenvalue weighted by molar-refractivity contribution is 0.409. The van der Waals surface area contributed by atoms with Crippen LogP contribution in [0.2, 0.25) is 0 Å². The molecular weight excluding hydrogens is 183 g/mol. The molecular formula is C11H9FO2. The van der Waals surface area contributed by atoms with Crippen molar-refractivity contribution < 1.29 is 14.2 Å². The number of phenols is 1. The summed E-state index contributed by atoms with van der Waals surface area (Å²) >= 11 is 0. The first-order valence-corrected chi connectivity index (χ1v) is 4.17. The minimum absolute atomic E-state index is 0.0996. The number of ether oxygens (including phenoxy) is 1. The molecule has 0 amide bonds. The van der Waals surface area contributed by atoms with Gasteiger partial charge in [-0.25, -0.2) is 4.39 Å². The van der Waals surface area contributed by atoms with Gasteiger partial charge >= 0.3 is 0 Å². The second-order valence-electron chi connectivity index (χ2n) is 2.98. The molecule has 0 radical (unpaired) electrons. The van der Waals surface area contributed by atoms with Gasteiger partial charge in [-0.2, -0.15) is 0 Å². The molecule has 0 heterocycles. The van der Waals surface area contributed by atoms with E-state index >= 15 is 0 Å². The van der Waals surface area contributed by atoms with Crippen molar-refractivity contribution in [3.05, 3.63) is 36.1 Å². The van der Waals surface area contributed by atoms with E-state index in [9.17, 15) is 9.50 Å². The van der Waals surface area contributed by atoms with E-state index in [1.807, 2.05) is 0 Å². The highest BCUT2D eigenvalue weighted by atomic mass is 19.1. The molecule has 0 unspecified atom stereocenters. The highest BCUT2D eigenvalue weighted by Crippen LogP contribution is 2.31. The van der Waals surface area contributed by atoms with Crippen LogP contribution in [-0.2, 0) is 0 Å². The summed E-state index contributed by atoms with van der Waals surface area (Å²) in [7, 11) is 1.50. The number of fused-ring (bicyclic) bond motifs is 1. The minimum Gasteiger partial charge on any atom is -0.507 e. The average molecular weight is 192 g/mol. The third-order valence-corrected chi connectivity index (χ3v) is 2.11. The molecule has 0 saturated carbocycles. The summed E-state index contributed by atoms with van der Waals surface area (Å²) in [5, 5.41) is 10.4. The fraction of sp³-hybridized carbons (Fsp3) is 0.0909. The largest absolute Gasteiger partial charge is 0.507 e. The van der Waals surface area contributed by atoms with Gasteiger partial charge in [0.25, 0.3) is 0 Å². The van der Waals surface area contributed by atoms with Gasteiger partial charge in [-0.15, -0.1) is 0 Å². The molecule has 0 aromatic heterocycles. The number of benzene rings is 2. The third kappa shape index (κ3) is 1.27. The minimum atomic E-state index is -0.428. The van der Waals surface area contributed by atoms with Crippen molar-refractivity contribution in [1.82, 2.24) is 0 Å². The van der Waals surface area contributed by atoms with E-state index in [0.29, 0.717) is 11.1 Å². The molecule has 2 aromatic rings. The second kappa shape index (κ2) is 3.18. The predicted molar refractivity (Wildman–Crippen MR) is 52.1 cm³/mol. The van der Waals surface area contributed by atoms with Gasteiger partial charge in [-0.05, 0) is 17.5 Å². The van der Waals surface area contributed by atoms with Gasteiger partial charge in [0.1, 0.15) is 17.3 Å². The first-order chi connectivity index (χ1) is 6.72. The fourth-order valence-corrected chi connectivity index (χ4v) is 1.45. The number of aromatic hydroxyl groups is 1. The highest BCUT2D eigenvalue weighted by Gasteiger charge is 2.07. The van der Waals surface area contributed by atoms with E-state index in [1.54, 1.807) is 18.2 Å². The molecule has 0 saturated heterocycles. The van der Waals surface area contributed by atoms with Crippen LogP contribution in [0, 0.1) is 5.82 Å². The molecule has 3 heteroatoms. The Hall–Kier alpha value is -1.77. The normalized spacial score (nSPS) is 10.4. The highest BCUT2D eigenvalue weighted by molar-refractivity contribution is 5.90. The van der Waals surface area contributed by atoms with Crippen molar-refractivity contribution in [3.63, 3.8) is 0 Å². The number of hydrogen-bond acceptors (Lipinski definition) is 2. The van der Waals surface area contributed by atoms with Crippen LogP contribution in [-0.4, -0.2) is 12.2 Å². The van der Waals surface area contributed by atoms with E-state index in [1.165, 1.54) is 19.2 Å². The molecule has 1 N–H and O–H groups in total. The quantitative estimate of drug-likeness (QED) is 0.752. The van der Waals surface area contributed by atoms with Crippen LogP contribution in [0.5, 0.6) is 11.5 Å². The van der Waals surface area contributed by atoms with E-state index < -0.39 is 5.82 Å². The molecule has 2 aromatic carbocycles. The van der Waals surface area contributed by atoms with Crippen molar-refractivity contribution in [3.8, 4) is 11.5 Å². The SMILES string of the molecule is COc1cc(O)c2c(F)cccc2c1. The summed E-state index contributed by atoms with van der Waals surface area (Å²) < 4.78 is 18.2. The van der Waals surface area contributed by atoms with Crippen LogP contribution in [0.25, 0.3) is 10.8 Å². The number of hydrogen-bond donors (Lipinski definition) is 1. The first kappa shape index (κ1) is 8.81. The topological polar surface area (TPSA) is 29.5 Å². The molecule has 0 fully saturated rings. The van der Waals surface area contributed by atoms with Crippen LogP contribution < -0.4 is 4.74 Å². The predicted octanol–water partition coefficient (Wildman–Crippen LogP) is 2.69. The molecule has 0 atom stereocenters. The maximum Gasteiger partial charge on any atom is 0.134 e. The summed E-state index contributed by atoms with van der Waals surface area (Å²) in [6.07, 6.45) is 0. The number of halogens is 1. The number of methoxy groups -OCH3 is 1. The molecule has 0 aliphatic rings. The molecule has 0 aliphatic carbocycles. The van der Waals surface area contributed by atoms with Crippen LogP contribution in [0.15, 0.2) is 30.3 Å². The van der Waals surface area contributed by atoms with Crippen LogP contribution in [0.4, 0.5) is 4.39 Å². The fourth-order valence-electron chi connectivity index (χ4n) is 1.45. The monoisotopic (exact) mass is 192 g/mol. The van der Waals surface area contributed by atoms with Gasteiger partial charge in [0.05, 0.1) is 12.5 Å². The van der Waals surface area contributed by atoms with Crippen molar-refractivity contribution >= 4 is 10.8 Å². The standard InChI is InChI=1S/C11H9FO2/c1-14-8-5-7-3-2-4-9(12)11(7)10(13)6-8/h2-6,13H,1H3. The Labute approximate surface area is 80.6 Å². The number of rotatable bonds is 1. The van der Waals surface area contributed by atoms with E-state index in [-0.39, 0.29) is 11.1 Å². The maximum atomic E-state index is 13.3. The zero-order chi connectivity index (χ0) is 10.1. The van der Waals surface area contributed by atoms with Crippen LogP contribution >= 0.6 is 0 Å². The lowest BCUT2D eigenvalue weighted by Gasteiger charge is -2.05. The molecule has 72 valence electrons. The Balaban J connectivity index is 2.83. The molecule has 0 spiro atoms. The van der Waals surface area contributed by atoms with E-state index in [2.05, 4.69) is 0 Å². The van der Waals surface area contributed by atoms with Crippen LogP contribution in [0.3, 0.4) is 0 Å². The Morgan fingerprint density at radius 1 is 1.29 bits per heavy atom. The van der Waals surface area contributed by atoms with Crippen molar-refractivity contribution in [1.29, 1.82) is 0 Å². The van der Waals surface area contributed by atoms with Gasteiger partial charge in [0.2, 0.25) is 0 Å².